The number of hydrogen-bond donors (Lipinski definition) is 3. The van der Waals surface area contributed by atoms with Crippen LogP contribution in [0.3, 0.4) is 0 Å². The second-order valence-electron chi connectivity index (χ2n) is 3.25. The van der Waals surface area contributed by atoms with E-state index in [1.165, 1.54) is 0 Å². The van der Waals surface area contributed by atoms with Gasteiger partial charge < -0.3 is 10.5 Å². The summed E-state index contributed by atoms with van der Waals surface area (Å²) >= 11 is 0. The maximum atomic E-state index is 8.70. The molecule has 0 aliphatic rings. The first kappa shape index (κ1) is 12.5. The van der Waals surface area contributed by atoms with Crippen LogP contribution in [0.25, 0.3) is 0 Å². The van der Waals surface area contributed by atoms with Gasteiger partial charge in [0.15, 0.2) is 5.84 Å². The summed E-state index contributed by atoms with van der Waals surface area (Å²) in [7, 11) is 1.54. The van der Waals surface area contributed by atoms with Crippen molar-refractivity contribution >= 4 is 17.2 Å². The number of rotatable bonds is 4. The Morgan fingerprint density at radius 1 is 1.59 bits per heavy atom. The van der Waals surface area contributed by atoms with Crippen LogP contribution in [0.15, 0.2) is 23.3 Å². The molecule has 0 aromatic heterocycles. The number of nitriles is 1. The highest BCUT2D eigenvalue weighted by atomic mass is 16.5. The summed E-state index contributed by atoms with van der Waals surface area (Å²) in [6.07, 6.45) is 0. The number of hydrazone groups is 1. The molecule has 1 rings (SSSR count). The van der Waals surface area contributed by atoms with Gasteiger partial charge in [-0.1, -0.05) is 12.1 Å². The molecule has 0 unspecified atom stereocenters. The number of ether oxygens (including phenoxy) is 1. The lowest BCUT2D eigenvalue weighted by Crippen LogP contribution is -2.22. The molecule has 1 aromatic carbocycles. The van der Waals surface area contributed by atoms with Gasteiger partial charge in [0.1, 0.15) is 17.5 Å². The number of amidine groups is 1. The van der Waals surface area contributed by atoms with E-state index >= 15 is 0 Å². The van der Waals surface area contributed by atoms with E-state index in [4.69, 9.17) is 21.1 Å². The van der Waals surface area contributed by atoms with Crippen molar-refractivity contribution in [2.75, 3.05) is 12.5 Å². The van der Waals surface area contributed by atoms with Crippen LogP contribution in [0.5, 0.6) is 5.75 Å². The Kier molecular flexibility index (Phi) is 4.06. The van der Waals surface area contributed by atoms with Crippen molar-refractivity contribution in [2.24, 2.45) is 10.8 Å². The normalized spacial score (nSPS) is 10.5. The van der Waals surface area contributed by atoms with Gasteiger partial charge in [0.05, 0.1) is 7.11 Å². The van der Waals surface area contributed by atoms with Gasteiger partial charge in [0.2, 0.25) is 5.71 Å². The molecule has 88 valence electrons. The molecule has 0 saturated carbocycles. The number of methoxy groups -OCH3 is 1. The molecule has 0 amide bonds. The van der Waals surface area contributed by atoms with E-state index in [1.807, 2.05) is 19.1 Å². The van der Waals surface area contributed by atoms with Crippen LogP contribution < -0.4 is 15.9 Å². The van der Waals surface area contributed by atoms with E-state index in [0.717, 1.165) is 5.56 Å². The molecule has 0 radical (unpaired) electrons. The Morgan fingerprint density at radius 3 is 2.82 bits per heavy atom. The third kappa shape index (κ3) is 2.95. The van der Waals surface area contributed by atoms with Crippen LogP contribution in [-0.2, 0) is 0 Å². The van der Waals surface area contributed by atoms with Gasteiger partial charge in [-0.3, -0.25) is 10.8 Å². The molecule has 0 atom stereocenters. The number of aryl methyl sites for hydroxylation is 1. The molecule has 17 heavy (non-hydrogen) atoms. The minimum Gasteiger partial charge on any atom is -0.495 e. The molecule has 0 aliphatic heterocycles. The van der Waals surface area contributed by atoms with Crippen molar-refractivity contribution in [2.45, 2.75) is 6.92 Å². The van der Waals surface area contributed by atoms with E-state index in [9.17, 15) is 0 Å². The van der Waals surface area contributed by atoms with Crippen molar-refractivity contribution in [3.63, 3.8) is 0 Å². The summed E-state index contributed by atoms with van der Waals surface area (Å²) in [5, 5.41) is 19.6. The molecule has 6 heteroatoms. The second-order valence-corrected chi connectivity index (χ2v) is 3.25. The summed E-state index contributed by atoms with van der Waals surface area (Å²) in [6.45, 7) is 1.88. The van der Waals surface area contributed by atoms with E-state index in [-0.39, 0.29) is 11.5 Å². The zero-order chi connectivity index (χ0) is 12.8. The monoisotopic (exact) mass is 231 g/mol. The van der Waals surface area contributed by atoms with Crippen molar-refractivity contribution < 1.29 is 4.74 Å². The summed E-state index contributed by atoms with van der Waals surface area (Å²) < 4.78 is 5.15. The molecule has 0 spiro atoms. The summed E-state index contributed by atoms with van der Waals surface area (Å²) in [5.41, 5.74) is 9.25. The number of nitrogens with two attached hydrogens (primary N) is 1. The average Bonchev–Trinajstić information content (AvgIpc) is 2.31. The quantitative estimate of drug-likeness (QED) is 0.411. The first-order valence-corrected chi connectivity index (χ1v) is 4.82. The number of benzene rings is 1. The van der Waals surface area contributed by atoms with E-state index < -0.39 is 0 Å². The number of nitrogens with zero attached hydrogens (tertiary/aromatic N) is 2. The predicted molar refractivity (Wildman–Crippen MR) is 66.3 cm³/mol. The molecule has 1 aromatic rings. The van der Waals surface area contributed by atoms with Crippen molar-refractivity contribution in [3.05, 3.63) is 23.8 Å². The Hall–Kier alpha value is -2.55. The summed E-state index contributed by atoms with van der Waals surface area (Å²) in [4.78, 5) is 0. The molecule has 0 fully saturated rings. The van der Waals surface area contributed by atoms with Crippen molar-refractivity contribution in [1.29, 1.82) is 10.7 Å². The third-order valence-electron chi connectivity index (χ3n) is 2.10. The highest BCUT2D eigenvalue weighted by Gasteiger charge is 2.06. The number of anilines is 1. The SMILES string of the molecule is COc1cccc(C)c1N/N=C(\C#N)C(=N)N. The Morgan fingerprint density at radius 2 is 2.29 bits per heavy atom. The van der Waals surface area contributed by atoms with Gasteiger partial charge in [-0.15, -0.1) is 0 Å². The fourth-order valence-electron chi connectivity index (χ4n) is 1.21. The van der Waals surface area contributed by atoms with Crippen LogP contribution in [0.4, 0.5) is 5.69 Å². The highest BCUT2D eigenvalue weighted by Crippen LogP contribution is 2.27. The Labute approximate surface area is 99.2 Å². The predicted octanol–water partition coefficient (Wildman–Crippen LogP) is 1.23. The fourth-order valence-corrected chi connectivity index (χ4v) is 1.21. The minimum absolute atomic E-state index is 0.171. The first-order valence-electron chi connectivity index (χ1n) is 4.82. The maximum Gasteiger partial charge on any atom is 0.201 e. The third-order valence-corrected chi connectivity index (χ3v) is 2.10. The van der Waals surface area contributed by atoms with E-state index in [0.29, 0.717) is 11.4 Å². The van der Waals surface area contributed by atoms with Crippen molar-refractivity contribution in [3.8, 4) is 11.8 Å². The molecule has 0 aliphatic carbocycles. The number of nitrogens with one attached hydrogen (secondary N) is 2. The molecule has 0 saturated heterocycles. The molecular weight excluding hydrogens is 218 g/mol. The van der Waals surface area contributed by atoms with Gasteiger partial charge in [0, 0.05) is 0 Å². The highest BCUT2D eigenvalue weighted by molar-refractivity contribution is 6.45. The fraction of sp³-hybridized carbons (Fsp3) is 0.182. The smallest absolute Gasteiger partial charge is 0.201 e. The minimum atomic E-state index is -0.382. The van der Waals surface area contributed by atoms with Gasteiger partial charge in [-0.05, 0) is 18.6 Å². The zero-order valence-electron chi connectivity index (χ0n) is 9.61. The maximum absolute atomic E-state index is 8.70. The van der Waals surface area contributed by atoms with Crippen LogP contribution >= 0.6 is 0 Å². The van der Waals surface area contributed by atoms with Crippen LogP contribution in [0.1, 0.15) is 5.56 Å². The van der Waals surface area contributed by atoms with Gasteiger partial charge in [0.25, 0.3) is 0 Å². The topological polar surface area (TPSA) is 107 Å². The van der Waals surface area contributed by atoms with Crippen LogP contribution in [0.2, 0.25) is 0 Å². The zero-order valence-corrected chi connectivity index (χ0v) is 9.61. The molecule has 6 nitrogen and oxygen atoms in total. The summed E-state index contributed by atoms with van der Waals surface area (Å²) in [6, 6.07) is 7.22. The second kappa shape index (κ2) is 5.51. The van der Waals surface area contributed by atoms with Gasteiger partial charge in [-0.25, -0.2) is 0 Å². The lowest BCUT2D eigenvalue weighted by atomic mass is 10.2. The molecule has 4 N–H and O–H groups in total. The summed E-state index contributed by atoms with van der Waals surface area (Å²) in [5.74, 6) is 0.224. The number of para-hydroxylation sites is 1. The molecule has 0 heterocycles. The van der Waals surface area contributed by atoms with Gasteiger partial charge in [-0.2, -0.15) is 10.4 Å². The lowest BCUT2D eigenvalue weighted by Gasteiger charge is -2.10. The molecule has 0 bridgehead atoms. The van der Waals surface area contributed by atoms with Crippen molar-refractivity contribution in [1.82, 2.24) is 0 Å². The average molecular weight is 231 g/mol. The Bertz CT molecular complexity index is 501. The van der Waals surface area contributed by atoms with E-state index in [1.54, 1.807) is 19.2 Å². The first-order chi connectivity index (χ1) is 8.10. The lowest BCUT2D eigenvalue weighted by molar-refractivity contribution is 0.416. The number of hydrogen-bond acceptors (Lipinski definition) is 5. The van der Waals surface area contributed by atoms with E-state index in [2.05, 4.69) is 10.5 Å². The Balaban J connectivity index is 3.04. The largest absolute Gasteiger partial charge is 0.495 e. The van der Waals surface area contributed by atoms with Crippen LogP contribution in [-0.4, -0.2) is 18.7 Å². The van der Waals surface area contributed by atoms with Crippen LogP contribution in [0, 0.1) is 23.7 Å². The standard InChI is InChI=1S/C11H13N5O/c1-7-4-3-5-9(17-2)10(7)16-15-8(6-12)11(13)14/h3-5,16H,1-2H3,(H3,13,14)/b15-8+. The van der Waals surface area contributed by atoms with Gasteiger partial charge >= 0.3 is 0 Å². The molecular formula is C11H13N5O.